The largest absolute Gasteiger partial charge is 0.374 e. The number of imidazole rings is 1. The fraction of sp³-hybridized carbons (Fsp3) is 0.357. The molecule has 2 N–H and O–H groups in total. The zero-order valence-corrected chi connectivity index (χ0v) is 11.4. The first kappa shape index (κ1) is 13.1. The highest BCUT2D eigenvalue weighted by molar-refractivity contribution is 5.60. The molecule has 1 unspecified atom stereocenters. The Morgan fingerprint density at radius 1 is 1.47 bits per heavy atom. The standard InChI is InChI=1S/C14H17N5/c1-4-12(14-16-5-6-17-14)19-13-7-9(2)18-10(3)11(13)8-15/h5-7,12H,4H2,1-3H3,(H,16,17)(H,18,19). The molecule has 2 heterocycles. The van der Waals surface area contributed by atoms with E-state index in [9.17, 15) is 5.26 Å². The van der Waals surface area contributed by atoms with Crippen LogP contribution in [-0.2, 0) is 0 Å². The van der Waals surface area contributed by atoms with Crippen molar-refractivity contribution in [2.24, 2.45) is 0 Å². The van der Waals surface area contributed by atoms with Gasteiger partial charge < -0.3 is 10.3 Å². The summed E-state index contributed by atoms with van der Waals surface area (Å²) in [5.74, 6) is 0.874. The molecule has 0 aliphatic heterocycles. The Balaban J connectivity index is 2.35. The van der Waals surface area contributed by atoms with E-state index >= 15 is 0 Å². The summed E-state index contributed by atoms with van der Waals surface area (Å²) in [4.78, 5) is 11.7. The second-order valence-electron chi connectivity index (χ2n) is 4.46. The van der Waals surface area contributed by atoms with E-state index in [2.05, 4.69) is 33.3 Å². The van der Waals surface area contributed by atoms with Crippen LogP contribution in [0.5, 0.6) is 0 Å². The van der Waals surface area contributed by atoms with Crippen molar-refractivity contribution in [2.45, 2.75) is 33.2 Å². The van der Waals surface area contributed by atoms with Crippen LogP contribution < -0.4 is 5.32 Å². The summed E-state index contributed by atoms with van der Waals surface area (Å²) in [5, 5.41) is 12.6. The van der Waals surface area contributed by atoms with Crippen LogP contribution in [0.15, 0.2) is 18.5 Å². The van der Waals surface area contributed by atoms with E-state index in [1.807, 2.05) is 19.9 Å². The number of aromatic nitrogens is 3. The van der Waals surface area contributed by atoms with Crippen LogP contribution in [0.2, 0.25) is 0 Å². The average molecular weight is 255 g/mol. The van der Waals surface area contributed by atoms with Gasteiger partial charge in [0, 0.05) is 18.1 Å². The van der Waals surface area contributed by atoms with Crippen molar-refractivity contribution in [3.8, 4) is 6.07 Å². The third-order valence-electron chi connectivity index (χ3n) is 3.03. The molecule has 0 spiro atoms. The third kappa shape index (κ3) is 2.74. The number of H-pyrrole nitrogens is 1. The van der Waals surface area contributed by atoms with Gasteiger partial charge in [-0.3, -0.25) is 4.98 Å². The lowest BCUT2D eigenvalue weighted by atomic mass is 10.1. The summed E-state index contributed by atoms with van der Waals surface area (Å²) in [7, 11) is 0. The van der Waals surface area contributed by atoms with Crippen LogP contribution in [0.4, 0.5) is 5.69 Å². The Kier molecular flexibility index (Phi) is 3.81. The zero-order chi connectivity index (χ0) is 13.8. The van der Waals surface area contributed by atoms with E-state index in [0.29, 0.717) is 5.56 Å². The van der Waals surface area contributed by atoms with Crippen molar-refractivity contribution >= 4 is 5.69 Å². The zero-order valence-electron chi connectivity index (χ0n) is 11.4. The maximum atomic E-state index is 9.25. The van der Waals surface area contributed by atoms with Crippen LogP contribution in [0.3, 0.4) is 0 Å². The third-order valence-corrected chi connectivity index (χ3v) is 3.03. The minimum atomic E-state index is 0.0586. The molecule has 0 fully saturated rings. The van der Waals surface area contributed by atoms with Crippen LogP contribution in [0, 0.1) is 25.2 Å². The Morgan fingerprint density at radius 3 is 2.84 bits per heavy atom. The quantitative estimate of drug-likeness (QED) is 0.880. The average Bonchev–Trinajstić information content (AvgIpc) is 2.89. The number of nitrogens with one attached hydrogen (secondary N) is 2. The van der Waals surface area contributed by atoms with Crippen molar-refractivity contribution < 1.29 is 0 Å². The molecule has 98 valence electrons. The molecule has 0 saturated heterocycles. The van der Waals surface area contributed by atoms with Gasteiger partial charge in [0.15, 0.2) is 0 Å². The highest BCUT2D eigenvalue weighted by atomic mass is 15.0. The second kappa shape index (κ2) is 5.53. The molecule has 2 aromatic heterocycles. The summed E-state index contributed by atoms with van der Waals surface area (Å²) in [6.07, 6.45) is 4.40. The molecule has 0 aliphatic rings. The highest BCUT2D eigenvalue weighted by Gasteiger charge is 2.15. The smallest absolute Gasteiger partial charge is 0.128 e. The summed E-state index contributed by atoms with van der Waals surface area (Å²) >= 11 is 0. The normalized spacial score (nSPS) is 11.9. The van der Waals surface area contributed by atoms with Gasteiger partial charge in [0.1, 0.15) is 11.9 Å². The van der Waals surface area contributed by atoms with Crippen molar-refractivity contribution in [2.75, 3.05) is 5.32 Å². The number of aromatic amines is 1. The molecule has 2 aromatic rings. The van der Waals surface area contributed by atoms with Gasteiger partial charge in [-0.2, -0.15) is 5.26 Å². The summed E-state index contributed by atoms with van der Waals surface area (Å²) < 4.78 is 0. The van der Waals surface area contributed by atoms with E-state index in [0.717, 1.165) is 29.3 Å². The van der Waals surface area contributed by atoms with Gasteiger partial charge in [-0.15, -0.1) is 0 Å². The number of nitrogens with zero attached hydrogens (tertiary/aromatic N) is 3. The SMILES string of the molecule is CCC(Nc1cc(C)nc(C)c1C#N)c1ncc[nH]1. The lowest BCUT2D eigenvalue weighted by molar-refractivity contribution is 0.703. The van der Waals surface area contributed by atoms with Crippen molar-refractivity contribution in [3.05, 3.63) is 41.2 Å². The molecule has 0 bridgehead atoms. The van der Waals surface area contributed by atoms with E-state index in [1.54, 1.807) is 12.4 Å². The minimum Gasteiger partial charge on any atom is -0.374 e. The predicted octanol–water partition coefficient (Wildman–Crippen LogP) is 2.86. The van der Waals surface area contributed by atoms with Gasteiger partial charge in [0.2, 0.25) is 0 Å². The maximum absolute atomic E-state index is 9.25. The van der Waals surface area contributed by atoms with Crippen molar-refractivity contribution in [1.29, 1.82) is 5.26 Å². The van der Waals surface area contributed by atoms with Crippen molar-refractivity contribution in [1.82, 2.24) is 15.0 Å². The number of aryl methyl sites for hydroxylation is 2. The number of nitriles is 1. The lowest BCUT2D eigenvalue weighted by Crippen LogP contribution is -2.13. The number of hydrogen-bond acceptors (Lipinski definition) is 4. The fourth-order valence-electron chi connectivity index (χ4n) is 2.10. The number of rotatable bonds is 4. The van der Waals surface area contributed by atoms with Gasteiger partial charge in [0.05, 0.1) is 23.0 Å². The first-order valence-electron chi connectivity index (χ1n) is 6.29. The first-order chi connectivity index (χ1) is 9.15. The summed E-state index contributed by atoms with van der Waals surface area (Å²) in [5.41, 5.74) is 3.05. The van der Waals surface area contributed by atoms with Crippen LogP contribution in [0.25, 0.3) is 0 Å². The topological polar surface area (TPSA) is 77.4 Å². The molecule has 2 rings (SSSR count). The molecule has 1 atom stereocenters. The molecule has 5 nitrogen and oxygen atoms in total. The Bertz CT molecular complexity index is 595. The number of hydrogen-bond donors (Lipinski definition) is 2. The highest BCUT2D eigenvalue weighted by Crippen LogP contribution is 2.24. The second-order valence-corrected chi connectivity index (χ2v) is 4.46. The predicted molar refractivity (Wildman–Crippen MR) is 73.7 cm³/mol. The monoisotopic (exact) mass is 255 g/mol. The fourth-order valence-corrected chi connectivity index (χ4v) is 2.10. The summed E-state index contributed by atoms with van der Waals surface area (Å²) in [6, 6.07) is 4.17. The van der Waals surface area contributed by atoms with Gasteiger partial charge in [0.25, 0.3) is 0 Å². The Labute approximate surface area is 112 Å². The Hall–Kier alpha value is -2.35. The van der Waals surface area contributed by atoms with Crippen LogP contribution >= 0.6 is 0 Å². The molecule has 0 saturated carbocycles. The first-order valence-corrected chi connectivity index (χ1v) is 6.29. The summed E-state index contributed by atoms with van der Waals surface area (Å²) in [6.45, 7) is 5.85. The van der Waals surface area contributed by atoms with E-state index in [4.69, 9.17) is 0 Å². The van der Waals surface area contributed by atoms with Crippen molar-refractivity contribution in [3.63, 3.8) is 0 Å². The van der Waals surface area contributed by atoms with Gasteiger partial charge in [-0.1, -0.05) is 6.92 Å². The van der Waals surface area contributed by atoms with E-state index in [-0.39, 0.29) is 6.04 Å². The van der Waals surface area contributed by atoms with Crippen LogP contribution in [-0.4, -0.2) is 15.0 Å². The van der Waals surface area contributed by atoms with Gasteiger partial charge in [-0.05, 0) is 26.3 Å². The minimum absolute atomic E-state index is 0.0586. The molecule has 0 aromatic carbocycles. The number of anilines is 1. The van der Waals surface area contributed by atoms with Crippen LogP contribution in [0.1, 0.15) is 42.2 Å². The molecule has 19 heavy (non-hydrogen) atoms. The van der Waals surface area contributed by atoms with Gasteiger partial charge >= 0.3 is 0 Å². The molecular weight excluding hydrogens is 238 g/mol. The molecule has 0 aliphatic carbocycles. The Morgan fingerprint density at radius 2 is 2.26 bits per heavy atom. The van der Waals surface area contributed by atoms with E-state index in [1.165, 1.54) is 0 Å². The lowest BCUT2D eigenvalue weighted by Gasteiger charge is -2.18. The van der Waals surface area contributed by atoms with E-state index < -0.39 is 0 Å². The molecule has 0 amide bonds. The molecular formula is C14H17N5. The maximum Gasteiger partial charge on any atom is 0.128 e. The molecule has 0 radical (unpaired) electrons. The van der Waals surface area contributed by atoms with Gasteiger partial charge in [-0.25, -0.2) is 4.98 Å². The molecule has 5 heteroatoms. The number of pyridine rings is 1.